The fourth-order valence-electron chi connectivity index (χ4n) is 1.68. The molecule has 2 aromatic rings. The number of phenolic OH excluding ortho intramolecular Hbond substituents is 1. The number of hydrogen-bond donors (Lipinski definition) is 2. The molecule has 0 fully saturated rings. The molecule has 0 saturated heterocycles. The lowest BCUT2D eigenvalue weighted by Crippen LogP contribution is -2.14. The van der Waals surface area contributed by atoms with Crippen molar-refractivity contribution in [2.24, 2.45) is 0 Å². The summed E-state index contributed by atoms with van der Waals surface area (Å²) in [4.78, 5) is 11.9. The van der Waals surface area contributed by atoms with Gasteiger partial charge in [0.2, 0.25) is 0 Å². The lowest BCUT2D eigenvalue weighted by molar-refractivity contribution is 0.102. The number of rotatable bonds is 2. The van der Waals surface area contributed by atoms with E-state index >= 15 is 0 Å². The van der Waals surface area contributed by atoms with Crippen LogP contribution in [0.3, 0.4) is 0 Å². The largest absolute Gasteiger partial charge is 0.507 e. The van der Waals surface area contributed by atoms with Gasteiger partial charge in [-0.05, 0) is 30.7 Å². The molecular weight excluding hydrogens is 288 g/mol. The van der Waals surface area contributed by atoms with Gasteiger partial charge in [-0.3, -0.25) is 4.79 Å². The third-order valence-electron chi connectivity index (χ3n) is 2.64. The Hall–Kier alpha value is -2.14. The van der Waals surface area contributed by atoms with Gasteiger partial charge in [-0.2, -0.15) is 0 Å². The molecule has 0 radical (unpaired) electrons. The van der Waals surface area contributed by atoms with Gasteiger partial charge in [0.25, 0.3) is 5.91 Å². The minimum absolute atomic E-state index is 0.0320. The van der Waals surface area contributed by atoms with Crippen LogP contribution in [0.15, 0.2) is 30.3 Å². The monoisotopic (exact) mass is 297 g/mol. The van der Waals surface area contributed by atoms with Crippen molar-refractivity contribution in [2.45, 2.75) is 6.92 Å². The van der Waals surface area contributed by atoms with E-state index in [2.05, 4.69) is 5.32 Å². The molecule has 104 valence electrons. The highest BCUT2D eigenvalue weighted by atomic mass is 35.5. The number of hydrogen-bond acceptors (Lipinski definition) is 2. The molecule has 20 heavy (non-hydrogen) atoms. The highest BCUT2D eigenvalue weighted by Gasteiger charge is 2.16. The SMILES string of the molecule is Cc1ccc(C(=O)Nc2c(F)cc(F)cc2Cl)c(O)c1. The Bertz CT molecular complexity index is 666. The molecule has 0 unspecified atom stereocenters. The first-order valence-corrected chi connectivity index (χ1v) is 6.02. The number of phenols is 1. The van der Waals surface area contributed by atoms with Crippen molar-refractivity contribution in [1.82, 2.24) is 0 Å². The number of amides is 1. The summed E-state index contributed by atoms with van der Waals surface area (Å²) in [5.74, 6) is -2.81. The second kappa shape index (κ2) is 5.46. The fraction of sp³-hybridized carbons (Fsp3) is 0.0714. The van der Waals surface area contributed by atoms with Gasteiger partial charge < -0.3 is 10.4 Å². The number of benzene rings is 2. The molecule has 0 aromatic heterocycles. The Morgan fingerprint density at radius 2 is 1.95 bits per heavy atom. The Balaban J connectivity index is 2.33. The minimum atomic E-state index is -0.991. The normalized spacial score (nSPS) is 10.4. The van der Waals surface area contributed by atoms with Crippen molar-refractivity contribution in [1.29, 1.82) is 0 Å². The number of nitrogens with one attached hydrogen (secondary N) is 1. The Morgan fingerprint density at radius 1 is 1.25 bits per heavy atom. The number of carbonyl (C=O) groups is 1. The van der Waals surface area contributed by atoms with Crippen LogP contribution in [0.4, 0.5) is 14.5 Å². The smallest absolute Gasteiger partial charge is 0.259 e. The summed E-state index contributed by atoms with van der Waals surface area (Å²) in [6.07, 6.45) is 0. The molecule has 0 aliphatic carbocycles. The van der Waals surface area contributed by atoms with Crippen LogP contribution in [0.1, 0.15) is 15.9 Å². The molecule has 2 N–H and O–H groups in total. The van der Waals surface area contributed by atoms with E-state index in [4.69, 9.17) is 11.6 Å². The molecule has 2 aromatic carbocycles. The van der Waals surface area contributed by atoms with Crippen LogP contribution in [0, 0.1) is 18.6 Å². The molecular formula is C14H10ClF2NO2. The summed E-state index contributed by atoms with van der Waals surface area (Å²) in [6.45, 7) is 1.75. The summed E-state index contributed by atoms with van der Waals surface area (Å²) in [7, 11) is 0. The first kappa shape index (κ1) is 14.3. The van der Waals surface area contributed by atoms with Gasteiger partial charge in [-0.1, -0.05) is 17.7 Å². The summed E-state index contributed by atoms with van der Waals surface area (Å²) >= 11 is 5.67. The molecule has 0 bridgehead atoms. The van der Waals surface area contributed by atoms with Crippen LogP contribution in [0.2, 0.25) is 5.02 Å². The first-order chi connectivity index (χ1) is 9.38. The second-order valence-electron chi connectivity index (χ2n) is 4.22. The topological polar surface area (TPSA) is 49.3 Å². The van der Waals surface area contributed by atoms with Gasteiger partial charge in [0.1, 0.15) is 11.6 Å². The minimum Gasteiger partial charge on any atom is -0.507 e. The van der Waals surface area contributed by atoms with Crippen molar-refractivity contribution in [3.05, 3.63) is 58.1 Å². The molecule has 3 nitrogen and oxygen atoms in total. The van der Waals surface area contributed by atoms with Crippen LogP contribution in [-0.4, -0.2) is 11.0 Å². The summed E-state index contributed by atoms with van der Waals surface area (Å²) in [6, 6.07) is 5.91. The molecule has 0 aliphatic rings. The second-order valence-corrected chi connectivity index (χ2v) is 4.63. The third-order valence-corrected chi connectivity index (χ3v) is 2.94. The summed E-state index contributed by atoms with van der Waals surface area (Å²) in [5.41, 5.74) is 0.401. The maximum absolute atomic E-state index is 13.6. The first-order valence-electron chi connectivity index (χ1n) is 5.64. The van der Waals surface area contributed by atoms with Gasteiger partial charge in [0.05, 0.1) is 16.3 Å². The van der Waals surface area contributed by atoms with Gasteiger partial charge in [-0.25, -0.2) is 8.78 Å². The fourth-order valence-corrected chi connectivity index (χ4v) is 1.92. The van der Waals surface area contributed by atoms with Gasteiger partial charge in [0, 0.05) is 6.07 Å². The van der Waals surface area contributed by atoms with Crippen LogP contribution in [0.25, 0.3) is 0 Å². The molecule has 6 heteroatoms. The van der Waals surface area contributed by atoms with Crippen LogP contribution in [0.5, 0.6) is 5.75 Å². The molecule has 2 rings (SSSR count). The standard InChI is InChI=1S/C14H10ClF2NO2/c1-7-2-3-9(12(19)4-7)14(20)18-13-10(15)5-8(16)6-11(13)17/h2-6,19H,1H3,(H,18,20). The van der Waals surface area contributed by atoms with Crippen molar-refractivity contribution in [2.75, 3.05) is 5.32 Å². The van der Waals surface area contributed by atoms with E-state index in [0.29, 0.717) is 6.07 Å². The Morgan fingerprint density at radius 3 is 2.55 bits per heavy atom. The van der Waals surface area contributed by atoms with Crippen molar-refractivity contribution >= 4 is 23.2 Å². The number of anilines is 1. The van der Waals surface area contributed by atoms with Crippen LogP contribution < -0.4 is 5.32 Å². The van der Waals surface area contributed by atoms with E-state index in [-0.39, 0.29) is 22.0 Å². The van der Waals surface area contributed by atoms with Gasteiger partial charge in [-0.15, -0.1) is 0 Å². The molecule has 0 heterocycles. The number of aromatic hydroxyl groups is 1. The van der Waals surface area contributed by atoms with Crippen molar-refractivity contribution in [3.8, 4) is 5.75 Å². The average Bonchev–Trinajstić information content (AvgIpc) is 2.33. The highest BCUT2D eigenvalue weighted by molar-refractivity contribution is 6.34. The Labute approximate surface area is 118 Å². The van der Waals surface area contributed by atoms with Gasteiger partial charge in [0.15, 0.2) is 5.82 Å². The third kappa shape index (κ3) is 2.88. The van der Waals surface area contributed by atoms with E-state index < -0.39 is 17.5 Å². The number of aryl methyl sites for hydroxylation is 1. The molecule has 0 aliphatic heterocycles. The zero-order valence-corrected chi connectivity index (χ0v) is 11.1. The lowest BCUT2D eigenvalue weighted by Gasteiger charge is -2.10. The van der Waals surface area contributed by atoms with Crippen molar-refractivity contribution in [3.63, 3.8) is 0 Å². The predicted octanol–water partition coefficient (Wildman–Crippen LogP) is 3.88. The number of halogens is 3. The average molecular weight is 298 g/mol. The van der Waals surface area contributed by atoms with Gasteiger partial charge >= 0.3 is 0 Å². The lowest BCUT2D eigenvalue weighted by atomic mass is 10.1. The highest BCUT2D eigenvalue weighted by Crippen LogP contribution is 2.28. The molecule has 1 amide bonds. The van der Waals surface area contributed by atoms with E-state index in [1.54, 1.807) is 13.0 Å². The molecule has 0 saturated carbocycles. The molecule has 0 spiro atoms. The zero-order chi connectivity index (χ0) is 14.9. The number of carbonyl (C=O) groups excluding carboxylic acids is 1. The van der Waals surface area contributed by atoms with E-state index in [9.17, 15) is 18.7 Å². The maximum Gasteiger partial charge on any atom is 0.259 e. The van der Waals surface area contributed by atoms with Crippen LogP contribution in [-0.2, 0) is 0 Å². The van der Waals surface area contributed by atoms with E-state index in [1.807, 2.05) is 0 Å². The van der Waals surface area contributed by atoms with Crippen molar-refractivity contribution < 1.29 is 18.7 Å². The maximum atomic E-state index is 13.6. The molecule has 0 atom stereocenters. The predicted molar refractivity (Wildman–Crippen MR) is 72.2 cm³/mol. The van der Waals surface area contributed by atoms with Crippen LogP contribution >= 0.6 is 11.6 Å². The van der Waals surface area contributed by atoms with E-state index in [1.165, 1.54) is 12.1 Å². The Kier molecular flexibility index (Phi) is 3.90. The summed E-state index contributed by atoms with van der Waals surface area (Å²) in [5, 5.41) is 11.6. The van der Waals surface area contributed by atoms with E-state index in [0.717, 1.165) is 11.6 Å². The quantitative estimate of drug-likeness (QED) is 0.883. The summed E-state index contributed by atoms with van der Waals surface area (Å²) < 4.78 is 26.5. The zero-order valence-electron chi connectivity index (χ0n) is 10.4.